The molecule has 20 heavy (non-hydrogen) atoms. The van der Waals surface area contributed by atoms with Gasteiger partial charge in [-0.15, -0.1) is 0 Å². The van der Waals surface area contributed by atoms with Crippen molar-refractivity contribution in [1.29, 1.82) is 0 Å². The minimum atomic E-state index is -0.319. The van der Waals surface area contributed by atoms with E-state index in [0.717, 1.165) is 11.5 Å². The summed E-state index contributed by atoms with van der Waals surface area (Å²) in [6.07, 6.45) is 0. The Morgan fingerprint density at radius 2 is 1.75 bits per heavy atom. The summed E-state index contributed by atoms with van der Waals surface area (Å²) in [4.78, 5) is 8.57. The predicted molar refractivity (Wildman–Crippen MR) is 84.1 cm³/mol. The van der Waals surface area contributed by atoms with E-state index >= 15 is 0 Å². The van der Waals surface area contributed by atoms with E-state index in [1.807, 2.05) is 38.0 Å². The minimum absolute atomic E-state index is 0.262. The Hall–Kier alpha value is -1.29. The maximum atomic E-state index is 13.1. The summed E-state index contributed by atoms with van der Waals surface area (Å²) in [7, 11) is 7.82. The van der Waals surface area contributed by atoms with Crippen molar-refractivity contribution in [3.8, 4) is 0 Å². The second-order valence-electron chi connectivity index (χ2n) is 5.91. The predicted octanol–water partition coefficient (Wildman–Crippen LogP) is 3.24. The highest BCUT2D eigenvalue weighted by atomic mass is 35.5. The van der Waals surface area contributed by atoms with E-state index in [2.05, 4.69) is 18.8 Å². The molecular formula is C15H23ClFN3. The largest absolute Gasteiger partial charge is 0.349 e. The molecule has 0 spiro atoms. The molecule has 0 aliphatic carbocycles. The van der Waals surface area contributed by atoms with Gasteiger partial charge in [-0.3, -0.25) is 4.99 Å². The summed E-state index contributed by atoms with van der Waals surface area (Å²) in [6, 6.07) is 4.52. The van der Waals surface area contributed by atoms with Gasteiger partial charge in [0.25, 0.3) is 0 Å². The van der Waals surface area contributed by atoms with Crippen molar-refractivity contribution in [2.75, 3.05) is 34.7 Å². The average Bonchev–Trinajstić information content (AvgIpc) is 2.26. The lowest BCUT2D eigenvalue weighted by atomic mass is 9.84. The van der Waals surface area contributed by atoms with Crippen LogP contribution >= 0.6 is 11.6 Å². The van der Waals surface area contributed by atoms with E-state index in [9.17, 15) is 4.39 Å². The number of aliphatic imine (C=N–C) groups is 1. The Morgan fingerprint density at radius 3 is 2.20 bits per heavy atom. The fraction of sp³-hybridized carbons (Fsp3) is 0.533. The zero-order chi connectivity index (χ0) is 15.5. The summed E-state index contributed by atoms with van der Waals surface area (Å²) in [5.74, 6) is 0.566. The van der Waals surface area contributed by atoms with Crippen molar-refractivity contribution in [1.82, 2.24) is 9.80 Å². The third-order valence-electron chi connectivity index (χ3n) is 3.08. The highest BCUT2D eigenvalue weighted by molar-refractivity contribution is 6.31. The summed E-state index contributed by atoms with van der Waals surface area (Å²) >= 11 is 6.15. The molecule has 0 radical (unpaired) electrons. The molecule has 1 aromatic carbocycles. The second-order valence-corrected chi connectivity index (χ2v) is 6.32. The van der Waals surface area contributed by atoms with Gasteiger partial charge in [-0.2, -0.15) is 0 Å². The lowest BCUT2D eigenvalue weighted by Gasteiger charge is -2.28. The maximum absolute atomic E-state index is 13.1. The Kier molecular flexibility index (Phi) is 5.40. The zero-order valence-corrected chi connectivity index (χ0v) is 13.8. The van der Waals surface area contributed by atoms with E-state index in [1.165, 1.54) is 12.1 Å². The number of nitrogens with zero attached hydrogens (tertiary/aromatic N) is 3. The SMILES string of the molecule is CN(C)C(=NCC(C)(C)c1ccc(F)cc1Cl)N(C)C. The van der Waals surface area contributed by atoms with Crippen LogP contribution in [0.25, 0.3) is 0 Å². The summed E-state index contributed by atoms with van der Waals surface area (Å²) < 4.78 is 13.1. The smallest absolute Gasteiger partial charge is 0.195 e. The first-order chi connectivity index (χ1) is 9.15. The van der Waals surface area contributed by atoms with Gasteiger partial charge in [-0.05, 0) is 17.7 Å². The molecule has 0 saturated heterocycles. The molecule has 112 valence electrons. The van der Waals surface area contributed by atoms with Crippen LogP contribution in [0, 0.1) is 5.82 Å². The van der Waals surface area contributed by atoms with Crippen LogP contribution < -0.4 is 0 Å². The molecule has 0 aliphatic heterocycles. The molecule has 0 saturated carbocycles. The highest BCUT2D eigenvalue weighted by Gasteiger charge is 2.24. The normalized spacial score (nSPS) is 11.2. The van der Waals surface area contributed by atoms with Crippen molar-refractivity contribution in [2.24, 2.45) is 4.99 Å². The minimum Gasteiger partial charge on any atom is -0.349 e. The summed E-state index contributed by atoms with van der Waals surface area (Å²) in [6.45, 7) is 4.68. The van der Waals surface area contributed by atoms with Gasteiger partial charge in [0.05, 0.1) is 6.54 Å². The fourth-order valence-corrected chi connectivity index (χ4v) is 2.50. The molecule has 0 atom stereocenters. The molecule has 0 aliphatic rings. The number of hydrogen-bond donors (Lipinski definition) is 0. The molecule has 0 unspecified atom stereocenters. The molecular weight excluding hydrogens is 277 g/mol. The molecule has 5 heteroatoms. The van der Waals surface area contributed by atoms with Gasteiger partial charge in [0.15, 0.2) is 5.96 Å². The lowest BCUT2D eigenvalue weighted by Crippen LogP contribution is -2.36. The first-order valence-electron chi connectivity index (χ1n) is 6.50. The number of benzene rings is 1. The fourth-order valence-electron chi connectivity index (χ4n) is 2.07. The number of rotatable bonds is 3. The van der Waals surface area contributed by atoms with Crippen molar-refractivity contribution in [2.45, 2.75) is 19.3 Å². The lowest BCUT2D eigenvalue weighted by molar-refractivity contribution is 0.464. The van der Waals surface area contributed by atoms with Crippen LogP contribution in [0.15, 0.2) is 23.2 Å². The van der Waals surface area contributed by atoms with Gasteiger partial charge >= 0.3 is 0 Å². The van der Waals surface area contributed by atoms with Crippen LogP contribution in [0.2, 0.25) is 5.02 Å². The molecule has 1 rings (SSSR count). The molecule has 0 fully saturated rings. The van der Waals surface area contributed by atoms with Gasteiger partial charge in [0.2, 0.25) is 0 Å². The van der Waals surface area contributed by atoms with Gasteiger partial charge in [-0.1, -0.05) is 31.5 Å². The third kappa shape index (κ3) is 4.10. The van der Waals surface area contributed by atoms with E-state index in [0.29, 0.717) is 11.6 Å². The van der Waals surface area contributed by atoms with Crippen LogP contribution in [0.4, 0.5) is 4.39 Å². The summed E-state index contributed by atoms with van der Waals surface area (Å²) in [5, 5.41) is 0.446. The molecule has 0 heterocycles. The summed E-state index contributed by atoms with van der Waals surface area (Å²) in [5.41, 5.74) is 0.642. The highest BCUT2D eigenvalue weighted by Crippen LogP contribution is 2.30. The Labute approximate surface area is 126 Å². The molecule has 1 aromatic rings. The van der Waals surface area contributed by atoms with E-state index in [1.54, 1.807) is 6.07 Å². The van der Waals surface area contributed by atoms with Crippen molar-refractivity contribution < 1.29 is 4.39 Å². The molecule has 0 amide bonds. The molecule has 3 nitrogen and oxygen atoms in total. The van der Waals surface area contributed by atoms with Crippen LogP contribution in [-0.2, 0) is 5.41 Å². The Bertz CT molecular complexity index is 486. The van der Waals surface area contributed by atoms with E-state index < -0.39 is 0 Å². The third-order valence-corrected chi connectivity index (χ3v) is 3.39. The number of guanidine groups is 1. The van der Waals surface area contributed by atoms with Crippen LogP contribution in [0.5, 0.6) is 0 Å². The van der Waals surface area contributed by atoms with Gasteiger partial charge in [0, 0.05) is 38.6 Å². The molecule has 0 aromatic heterocycles. The van der Waals surface area contributed by atoms with Crippen molar-refractivity contribution in [3.05, 3.63) is 34.6 Å². The zero-order valence-electron chi connectivity index (χ0n) is 13.0. The Morgan fingerprint density at radius 1 is 1.20 bits per heavy atom. The Balaban J connectivity index is 3.02. The average molecular weight is 300 g/mol. The number of halogens is 2. The van der Waals surface area contributed by atoms with Crippen molar-refractivity contribution >= 4 is 17.6 Å². The first kappa shape index (κ1) is 16.8. The van der Waals surface area contributed by atoms with Gasteiger partial charge in [0.1, 0.15) is 5.82 Å². The van der Waals surface area contributed by atoms with Crippen LogP contribution in [0.3, 0.4) is 0 Å². The van der Waals surface area contributed by atoms with Crippen LogP contribution in [0.1, 0.15) is 19.4 Å². The monoisotopic (exact) mass is 299 g/mol. The first-order valence-corrected chi connectivity index (χ1v) is 6.87. The molecule has 0 N–H and O–H groups in total. The maximum Gasteiger partial charge on any atom is 0.195 e. The standard InChI is InChI=1S/C15H23ClFN3/c1-15(2,10-18-14(19(3)4)20(5)6)12-8-7-11(17)9-13(12)16/h7-9H,10H2,1-6H3. The topological polar surface area (TPSA) is 18.8 Å². The van der Waals surface area contributed by atoms with Gasteiger partial charge < -0.3 is 9.80 Å². The van der Waals surface area contributed by atoms with Crippen LogP contribution in [-0.4, -0.2) is 50.5 Å². The number of hydrogen-bond acceptors (Lipinski definition) is 1. The second kappa shape index (κ2) is 6.44. The quantitative estimate of drug-likeness (QED) is 0.630. The van der Waals surface area contributed by atoms with E-state index in [-0.39, 0.29) is 11.2 Å². The van der Waals surface area contributed by atoms with Crippen molar-refractivity contribution in [3.63, 3.8) is 0 Å². The van der Waals surface area contributed by atoms with Gasteiger partial charge in [-0.25, -0.2) is 4.39 Å². The van der Waals surface area contributed by atoms with E-state index in [4.69, 9.17) is 11.6 Å². The molecule has 0 bridgehead atoms.